The zero-order valence-electron chi connectivity index (χ0n) is 18.0. The molecule has 0 radical (unpaired) electrons. The Morgan fingerprint density at radius 2 is 2.28 bits per heavy atom. The maximum Gasteiger partial charge on any atom is 0.222 e. The van der Waals surface area contributed by atoms with Crippen molar-refractivity contribution in [1.82, 2.24) is 25.3 Å². The van der Waals surface area contributed by atoms with Crippen molar-refractivity contribution >= 4 is 34.4 Å². The van der Waals surface area contributed by atoms with Crippen molar-refractivity contribution in [2.45, 2.75) is 50.2 Å². The molecule has 1 saturated carbocycles. The quantitative estimate of drug-likeness (QED) is 0.405. The summed E-state index contributed by atoms with van der Waals surface area (Å²) in [7, 11) is 1.58. The van der Waals surface area contributed by atoms with Crippen molar-refractivity contribution in [3.8, 4) is 11.4 Å². The first kappa shape index (κ1) is 22.2. The Balaban J connectivity index is 1.63. The van der Waals surface area contributed by atoms with E-state index >= 15 is 0 Å². The fraction of sp³-hybridized carbons (Fsp3) is 0.391. The summed E-state index contributed by atoms with van der Waals surface area (Å²) in [6.07, 6.45) is 10.5. The molecule has 0 spiro atoms. The topological polar surface area (TPSA) is 116 Å². The van der Waals surface area contributed by atoms with Crippen LogP contribution in [0.1, 0.15) is 37.7 Å². The average Bonchev–Trinajstić information content (AvgIpc) is 3.18. The van der Waals surface area contributed by atoms with Crippen LogP contribution in [-0.2, 0) is 11.2 Å². The Bertz CT molecular complexity index is 1150. The molecule has 1 fully saturated rings. The maximum absolute atomic E-state index is 11.9. The normalized spacial score (nSPS) is 20.8. The highest BCUT2D eigenvalue weighted by molar-refractivity contribution is 6.31. The molecule has 32 heavy (non-hydrogen) atoms. The van der Waals surface area contributed by atoms with E-state index in [1.54, 1.807) is 19.4 Å². The lowest BCUT2D eigenvalue weighted by Gasteiger charge is -2.37. The van der Waals surface area contributed by atoms with Gasteiger partial charge in [-0.2, -0.15) is 0 Å². The SMILES string of the molecule is C=CCc1cnc(-c2c[nH]c3ncc(Cl)cc23)nc1N[C@H]1CCC[C@@](O)(CC(=O)NC)C1. The number of nitrogens with zero attached hydrogens (tertiary/aromatic N) is 3. The van der Waals surface area contributed by atoms with Gasteiger partial charge < -0.3 is 20.7 Å². The van der Waals surface area contributed by atoms with Gasteiger partial charge in [-0.25, -0.2) is 15.0 Å². The Morgan fingerprint density at radius 1 is 1.44 bits per heavy atom. The van der Waals surface area contributed by atoms with Crippen molar-refractivity contribution in [3.05, 3.63) is 47.9 Å². The highest BCUT2D eigenvalue weighted by Crippen LogP contribution is 2.34. The van der Waals surface area contributed by atoms with Gasteiger partial charge in [0.25, 0.3) is 0 Å². The number of fused-ring (bicyclic) bond motifs is 1. The van der Waals surface area contributed by atoms with Gasteiger partial charge in [0, 0.05) is 48.2 Å². The summed E-state index contributed by atoms with van der Waals surface area (Å²) in [5.74, 6) is 1.09. The number of hydrogen-bond donors (Lipinski definition) is 4. The summed E-state index contributed by atoms with van der Waals surface area (Å²) >= 11 is 6.14. The standard InChI is InChI=1S/C23H27ClN6O2/c1-3-5-14-11-26-22(18-13-28-21-17(18)8-15(24)12-27-21)30-20(14)29-16-6-4-7-23(32,9-16)10-19(31)25-2/h3,8,11-13,16,32H,1,4-7,9-10H2,2H3,(H,25,31)(H,27,28)(H,26,29,30)/t16-,23-/m0/s1. The van der Waals surface area contributed by atoms with E-state index in [0.29, 0.717) is 41.6 Å². The van der Waals surface area contributed by atoms with E-state index in [4.69, 9.17) is 16.6 Å². The molecule has 2 atom stereocenters. The van der Waals surface area contributed by atoms with E-state index in [-0.39, 0.29) is 18.4 Å². The number of halogens is 1. The fourth-order valence-electron chi connectivity index (χ4n) is 4.33. The van der Waals surface area contributed by atoms with Crippen LogP contribution in [0.15, 0.2) is 37.3 Å². The van der Waals surface area contributed by atoms with Gasteiger partial charge in [0.1, 0.15) is 11.5 Å². The van der Waals surface area contributed by atoms with E-state index in [9.17, 15) is 9.90 Å². The molecule has 4 rings (SSSR count). The first-order valence-electron chi connectivity index (χ1n) is 10.7. The minimum absolute atomic E-state index is 0.0104. The number of rotatable bonds is 7. The number of allylic oxidation sites excluding steroid dienone is 1. The van der Waals surface area contributed by atoms with Crippen LogP contribution in [-0.4, -0.2) is 49.6 Å². The minimum atomic E-state index is -1.02. The van der Waals surface area contributed by atoms with Crippen LogP contribution in [0.5, 0.6) is 0 Å². The molecule has 3 aromatic heterocycles. The summed E-state index contributed by atoms with van der Waals surface area (Å²) in [6.45, 7) is 3.84. The second kappa shape index (κ2) is 9.26. The molecule has 4 N–H and O–H groups in total. The largest absolute Gasteiger partial charge is 0.389 e. The highest BCUT2D eigenvalue weighted by Gasteiger charge is 2.36. The molecule has 3 aromatic rings. The van der Waals surface area contributed by atoms with Crippen molar-refractivity contribution in [2.24, 2.45) is 0 Å². The lowest BCUT2D eigenvalue weighted by atomic mass is 9.79. The van der Waals surface area contributed by atoms with Crippen molar-refractivity contribution in [1.29, 1.82) is 0 Å². The van der Waals surface area contributed by atoms with Crippen molar-refractivity contribution in [2.75, 3.05) is 12.4 Å². The minimum Gasteiger partial charge on any atom is -0.389 e. The van der Waals surface area contributed by atoms with E-state index < -0.39 is 5.60 Å². The van der Waals surface area contributed by atoms with Crippen LogP contribution >= 0.6 is 11.6 Å². The Labute approximate surface area is 191 Å². The molecule has 1 aliphatic rings. The molecule has 1 amide bonds. The van der Waals surface area contributed by atoms with Crippen molar-refractivity contribution in [3.63, 3.8) is 0 Å². The van der Waals surface area contributed by atoms with Gasteiger partial charge in [0.15, 0.2) is 5.82 Å². The Kier molecular flexibility index (Phi) is 6.43. The number of pyridine rings is 1. The predicted octanol–water partition coefficient (Wildman–Crippen LogP) is 3.62. The third-order valence-electron chi connectivity index (χ3n) is 5.90. The van der Waals surface area contributed by atoms with Gasteiger partial charge in [0.2, 0.25) is 5.91 Å². The van der Waals surface area contributed by atoms with Gasteiger partial charge in [-0.3, -0.25) is 4.79 Å². The smallest absolute Gasteiger partial charge is 0.222 e. The number of anilines is 1. The lowest BCUT2D eigenvalue weighted by molar-refractivity contribution is -0.127. The number of carbonyl (C=O) groups excluding carboxylic acids is 1. The van der Waals surface area contributed by atoms with Crippen LogP contribution in [0.3, 0.4) is 0 Å². The number of nitrogens with one attached hydrogen (secondary N) is 3. The number of amides is 1. The van der Waals surface area contributed by atoms with Gasteiger partial charge in [-0.05, 0) is 38.2 Å². The molecular weight excluding hydrogens is 428 g/mol. The first-order chi connectivity index (χ1) is 15.4. The zero-order chi connectivity index (χ0) is 22.7. The number of aromatic nitrogens is 4. The van der Waals surface area contributed by atoms with Gasteiger partial charge in [-0.1, -0.05) is 17.7 Å². The molecule has 0 aliphatic heterocycles. The average molecular weight is 455 g/mol. The maximum atomic E-state index is 11.9. The summed E-state index contributed by atoms with van der Waals surface area (Å²) in [6, 6.07) is 1.83. The fourth-order valence-corrected chi connectivity index (χ4v) is 4.49. The van der Waals surface area contributed by atoms with E-state index in [2.05, 4.69) is 32.2 Å². The van der Waals surface area contributed by atoms with Gasteiger partial charge in [0.05, 0.1) is 17.0 Å². The third-order valence-corrected chi connectivity index (χ3v) is 6.10. The molecular formula is C23H27ClN6O2. The number of H-pyrrole nitrogens is 1. The monoisotopic (exact) mass is 454 g/mol. The van der Waals surface area contributed by atoms with Crippen LogP contribution in [0, 0.1) is 0 Å². The van der Waals surface area contributed by atoms with Crippen LogP contribution in [0.25, 0.3) is 22.4 Å². The van der Waals surface area contributed by atoms with Crippen molar-refractivity contribution < 1.29 is 9.90 Å². The van der Waals surface area contributed by atoms with Gasteiger partial charge in [-0.15, -0.1) is 6.58 Å². The number of hydrogen-bond acceptors (Lipinski definition) is 6. The molecule has 0 aromatic carbocycles. The Hall–Kier alpha value is -2.97. The molecule has 1 aliphatic carbocycles. The van der Waals surface area contributed by atoms with Crippen LogP contribution < -0.4 is 10.6 Å². The number of aromatic amines is 1. The summed E-state index contributed by atoms with van der Waals surface area (Å²) in [5.41, 5.74) is 1.41. The third kappa shape index (κ3) is 4.76. The predicted molar refractivity (Wildman–Crippen MR) is 126 cm³/mol. The highest BCUT2D eigenvalue weighted by atomic mass is 35.5. The zero-order valence-corrected chi connectivity index (χ0v) is 18.7. The summed E-state index contributed by atoms with van der Waals surface area (Å²) in [4.78, 5) is 28.7. The van der Waals surface area contributed by atoms with Crippen LogP contribution in [0.2, 0.25) is 5.02 Å². The second-order valence-corrected chi connectivity index (χ2v) is 8.76. The second-order valence-electron chi connectivity index (χ2n) is 8.32. The first-order valence-corrected chi connectivity index (χ1v) is 11.1. The van der Waals surface area contributed by atoms with E-state index in [0.717, 1.165) is 29.4 Å². The molecule has 0 bridgehead atoms. The van der Waals surface area contributed by atoms with Crippen LogP contribution in [0.4, 0.5) is 5.82 Å². The van der Waals surface area contributed by atoms with E-state index in [1.807, 2.05) is 18.3 Å². The molecule has 3 heterocycles. The lowest BCUT2D eigenvalue weighted by Crippen LogP contribution is -2.43. The van der Waals surface area contributed by atoms with Gasteiger partial charge >= 0.3 is 0 Å². The number of aliphatic hydroxyl groups is 1. The molecule has 0 unspecified atom stereocenters. The Morgan fingerprint density at radius 3 is 3.06 bits per heavy atom. The number of carbonyl (C=O) groups is 1. The molecule has 8 nitrogen and oxygen atoms in total. The summed E-state index contributed by atoms with van der Waals surface area (Å²) < 4.78 is 0. The summed E-state index contributed by atoms with van der Waals surface area (Å²) in [5, 5.41) is 18.5. The molecule has 0 saturated heterocycles. The van der Waals surface area contributed by atoms with E-state index in [1.165, 1.54) is 0 Å². The molecule has 168 valence electrons. The molecule has 9 heteroatoms.